The highest BCUT2D eigenvalue weighted by molar-refractivity contribution is 7.13. The quantitative estimate of drug-likeness (QED) is 0.897. The molecule has 0 aliphatic heterocycles. The lowest BCUT2D eigenvalue weighted by Crippen LogP contribution is -2.35. The van der Waals surface area contributed by atoms with Crippen LogP contribution in [0.1, 0.15) is 23.3 Å². The van der Waals surface area contributed by atoms with Crippen molar-refractivity contribution in [2.24, 2.45) is 7.05 Å². The first-order chi connectivity index (χ1) is 9.69. The molecular weight excluding hydrogens is 276 g/mol. The molecule has 0 bridgehead atoms. The third kappa shape index (κ3) is 2.59. The van der Waals surface area contributed by atoms with Crippen LogP contribution in [-0.2, 0) is 7.05 Å². The van der Waals surface area contributed by atoms with Gasteiger partial charge in [-0.1, -0.05) is 0 Å². The zero-order valence-electron chi connectivity index (χ0n) is 11.2. The molecular formula is C13H16N4O2S. The third-order valence-electron chi connectivity index (χ3n) is 3.26. The zero-order valence-corrected chi connectivity index (χ0v) is 12.0. The normalized spacial score (nSPS) is 14.5. The Morgan fingerprint density at radius 2 is 2.40 bits per heavy atom. The molecule has 1 aliphatic rings. The second-order valence-corrected chi connectivity index (χ2v) is 5.75. The first-order valence-corrected chi connectivity index (χ1v) is 7.43. The number of carbonyl (C=O) groups excluding carboxylic acids is 1. The van der Waals surface area contributed by atoms with Crippen LogP contribution in [0.15, 0.2) is 17.8 Å². The lowest BCUT2D eigenvalue weighted by Gasteiger charge is -2.19. The summed E-state index contributed by atoms with van der Waals surface area (Å²) in [5.41, 5.74) is 1.37. The fraction of sp³-hybridized carbons (Fsp3) is 0.462. The van der Waals surface area contributed by atoms with Gasteiger partial charge in [-0.3, -0.25) is 9.48 Å². The Balaban J connectivity index is 1.80. The maximum absolute atomic E-state index is 12.4. The largest absolute Gasteiger partial charge is 0.395 e. The molecule has 2 heterocycles. The van der Waals surface area contributed by atoms with Crippen molar-refractivity contribution in [2.45, 2.75) is 18.9 Å². The van der Waals surface area contributed by atoms with Gasteiger partial charge in [-0.15, -0.1) is 11.3 Å². The SMILES string of the molecule is Cn1cc(-c2nc(C(=O)N(CCO)C3CC3)cs2)cn1. The molecule has 0 radical (unpaired) electrons. The number of carbonyl (C=O) groups is 1. The summed E-state index contributed by atoms with van der Waals surface area (Å²) in [4.78, 5) is 18.5. The van der Waals surface area contributed by atoms with Gasteiger partial charge in [-0.25, -0.2) is 4.98 Å². The molecule has 0 atom stereocenters. The van der Waals surface area contributed by atoms with E-state index in [0.717, 1.165) is 23.4 Å². The highest BCUT2D eigenvalue weighted by Gasteiger charge is 2.33. The van der Waals surface area contributed by atoms with Crippen LogP contribution in [-0.4, -0.2) is 49.9 Å². The highest BCUT2D eigenvalue weighted by Crippen LogP contribution is 2.29. The van der Waals surface area contributed by atoms with Gasteiger partial charge in [-0.2, -0.15) is 5.10 Å². The highest BCUT2D eigenvalue weighted by atomic mass is 32.1. The standard InChI is InChI=1S/C13H16N4O2S/c1-16-7-9(6-14-16)12-15-11(8-20-12)13(19)17(4-5-18)10-2-3-10/h6-8,10,18H,2-5H2,1H3. The molecule has 2 aromatic heterocycles. The van der Waals surface area contributed by atoms with E-state index in [1.165, 1.54) is 11.3 Å². The summed E-state index contributed by atoms with van der Waals surface area (Å²) in [5, 5.41) is 15.7. The number of aromatic nitrogens is 3. The van der Waals surface area contributed by atoms with Gasteiger partial charge in [0.05, 0.1) is 12.8 Å². The molecule has 0 spiro atoms. The van der Waals surface area contributed by atoms with Gasteiger partial charge in [0.25, 0.3) is 5.91 Å². The van der Waals surface area contributed by atoms with Crippen molar-refractivity contribution in [3.8, 4) is 10.6 Å². The van der Waals surface area contributed by atoms with Gasteiger partial charge in [0.15, 0.2) is 0 Å². The van der Waals surface area contributed by atoms with Gasteiger partial charge < -0.3 is 10.0 Å². The van der Waals surface area contributed by atoms with Crippen LogP contribution in [0.4, 0.5) is 0 Å². The van der Waals surface area contributed by atoms with Gasteiger partial charge in [0, 0.05) is 36.8 Å². The van der Waals surface area contributed by atoms with E-state index in [-0.39, 0.29) is 18.6 Å². The van der Waals surface area contributed by atoms with E-state index < -0.39 is 0 Å². The molecule has 6 nitrogen and oxygen atoms in total. The lowest BCUT2D eigenvalue weighted by molar-refractivity contribution is 0.0702. The number of hydrogen-bond donors (Lipinski definition) is 1. The molecule has 1 aliphatic carbocycles. The molecule has 0 aromatic carbocycles. The topological polar surface area (TPSA) is 71.2 Å². The first kappa shape index (κ1) is 13.3. The zero-order chi connectivity index (χ0) is 14.1. The van der Waals surface area contributed by atoms with Crippen molar-refractivity contribution in [3.05, 3.63) is 23.5 Å². The van der Waals surface area contributed by atoms with E-state index >= 15 is 0 Å². The molecule has 1 amide bonds. The molecule has 0 saturated heterocycles. The average molecular weight is 292 g/mol. The summed E-state index contributed by atoms with van der Waals surface area (Å²) < 4.78 is 1.71. The molecule has 1 N–H and O–H groups in total. The molecule has 7 heteroatoms. The van der Waals surface area contributed by atoms with Crippen molar-refractivity contribution in [1.29, 1.82) is 0 Å². The van der Waals surface area contributed by atoms with Crippen molar-refractivity contribution in [2.75, 3.05) is 13.2 Å². The summed E-state index contributed by atoms with van der Waals surface area (Å²) in [6.45, 7) is 0.366. The summed E-state index contributed by atoms with van der Waals surface area (Å²) in [7, 11) is 1.85. The number of nitrogens with zero attached hydrogens (tertiary/aromatic N) is 4. The van der Waals surface area contributed by atoms with Gasteiger partial charge in [0.1, 0.15) is 10.7 Å². The Bertz CT molecular complexity index is 617. The predicted octanol–water partition coefficient (Wildman–Crippen LogP) is 1.14. The average Bonchev–Trinajstić information content (AvgIpc) is 2.98. The van der Waals surface area contributed by atoms with Gasteiger partial charge in [-0.05, 0) is 12.8 Å². The maximum atomic E-state index is 12.4. The fourth-order valence-electron chi connectivity index (χ4n) is 2.13. The summed E-state index contributed by atoms with van der Waals surface area (Å²) in [6, 6.07) is 0.276. The smallest absolute Gasteiger partial charge is 0.273 e. The van der Waals surface area contributed by atoms with Crippen molar-refractivity contribution in [3.63, 3.8) is 0 Å². The van der Waals surface area contributed by atoms with Crippen LogP contribution in [0, 0.1) is 0 Å². The molecule has 106 valence electrons. The number of thiazole rings is 1. The van der Waals surface area contributed by atoms with Crippen LogP contribution in [0.2, 0.25) is 0 Å². The molecule has 3 rings (SSSR count). The van der Waals surface area contributed by atoms with Crippen molar-refractivity contribution in [1.82, 2.24) is 19.7 Å². The van der Waals surface area contributed by atoms with Crippen LogP contribution >= 0.6 is 11.3 Å². The van der Waals surface area contributed by atoms with Gasteiger partial charge in [0.2, 0.25) is 0 Å². The summed E-state index contributed by atoms with van der Waals surface area (Å²) in [6.07, 6.45) is 5.65. The minimum atomic E-state index is -0.0899. The predicted molar refractivity (Wildman–Crippen MR) is 75.5 cm³/mol. The van der Waals surface area contributed by atoms with Crippen molar-refractivity contribution < 1.29 is 9.90 Å². The van der Waals surface area contributed by atoms with E-state index in [1.54, 1.807) is 21.2 Å². The van der Waals surface area contributed by atoms with E-state index in [0.29, 0.717) is 12.2 Å². The van der Waals surface area contributed by atoms with Crippen LogP contribution < -0.4 is 0 Å². The van der Waals surface area contributed by atoms with E-state index in [1.807, 2.05) is 13.2 Å². The number of aliphatic hydroxyl groups excluding tert-OH is 1. The lowest BCUT2D eigenvalue weighted by atomic mass is 10.3. The Morgan fingerprint density at radius 1 is 1.60 bits per heavy atom. The van der Waals surface area contributed by atoms with Crippen LogP contribution in [0.5, 0.6) is 0 Å². The minimum Gasteiger partial charge on any atom is -0.395 e. The first-order valence-electron chi connectivity index (χ1n) is 6.55. The monoisotopic (exact) mass is 292 g/mol. The molecule has 1 fully saturated rings. The number of amides is 1. The summed E-state index contributed by atoms with van der Waals surface area (Å²) >= 11 is 1.44. The molecule has 0 unspecified atom stereocenters. The molecule has 2 aromatic rings. The van der Waals surface area contributed by atoms with Crippen LogP contribution in [0.3, 0.4) is 0 Å². The van der Waals surface area contributed by atoms with Gasteiger partial charge >= 0.3 is 0 Å². The maximum Gasteiger partial charge on any atom is 0.273 e. The Hall–Kier alpha value is -1.73. The Kier molecular flexibility index (Phi) is 3.54. The number of hydrogen-bond acceptors (Lipinski definition) is 5. The Labute approximate surface area is 120 Å². The molecule has 1 saturated carbocycles. The van der Waals surface area contributed by atoms with Crippen molar-refractivity contribution >= 4 is 17.2 Å². The second kappa shape index (κ2) is 5.34. The minimum absolute atomic E-state index is 0.0121. The van der Waals surface area contributed by atoms with E-state index in [9.17, 15) is 4.79 Å². The molecule has 20 heavy (non-hydrogen) atoms. The number of aliphatic hydroxyl groups is 1. The van der Waals surface area contributed by atoms with Crippen LogP contribution in [0.25, 0.3) is 10.6 Å². The third-order valence-corrected chi connectivity index (χ3v) is 4.16. The number of aryl methyl sites for hydroxylation is 1. The Morgan fingerprint density at radius 3 is 3.00 bits per heavy atom. The fourth-order valence-corrected chi connectivity index (χ4v) is 2.90. The summed E-state index contributed by atoms with van der Waals surface area (Å²) in [5.74, 6) is -0.0899. The van der Waals surface area contributed by atoms with E-state index in [2.05, 4.69) is 10.1 Å². The number of rotatable bonds is 5. The second-order valence-electron chi connectivity index (χ2n) is 4.89. The van der Waals surface area contributed by atoms with E-state index in [4.69, 9.17) is 5.11 Å².